The van der Waals surface area contributed by atoms with E-state index >= 15 is 0 Å². The van der Waals surface area contributed by atoms with E-state index in [4.69, 9.17) is 33.2 Å². The molecule has 4 aliphatic carbocycles. The lowest BCUT2D eigenvalue weighted by molar-refractivity contribution is -0.171. The Kier molecular flexibility index (Phi) is 13.2. The van der Waals surface area contributed by atoms with E-state index in [1.165, 1.54) is 11.1 Å². The highest BCUT2D eigenvalue weighted by Gasteiger charge is 2.73. The molecule has 3 N–H and O–H groups in total. The minimum Gasteiger partial charge on any atom is -0.443 e. The van der Waals surface area contributed by atoms with E-state index in [0.717, 1.165) is 44.9 Å². The molecule has 2 spiro atoms. The van der Waals surface area contributed by atoms with Gasteiger partial charge in [-0.25, -0.2) is 9.59 Å². The van der Waals surface area contributed by atoms with Crippen molar-refractivity contribution < 1.29 is 47.9 Å². The third-order valence-corrected chi connectivity index (χ3v) is 15.4. The molecule has 0 aromatic carbocycles. The summed E-state index contributed by atoms with van der Waals surface area (Å²) >= 11 is 0. The number of carbonyl (C=O) groups excluding carboxylic acids is 2. The zero-order valence-electron chi connectivity index (χ0n) is 37.7. The molecule has 0 bridgehead atoms. The van der Waals surface area contributed by atoms with Crippen LogP contribution >= 0.6 is 0 Å². The van der Waals surface area contributed by atoms with Crippen molar-refractivity contribution in [3.8, 4) is 0 Å². The monoisotopic (exact) mass is 817 g/mol. The average Bonchev–Trinajstić information content (AvgIpc) is 4.09. The van der Waals surface area contributed by atoms with Crippen molar-refractivity contribution in [1.29, 1.82) is 0 Å². The fourth-order valence-corrected chi connectivity index (χ4v) is 11.5. The third-order valence-electron chi connectivity index (χ3n) is 15.4. The molecule has 58 heavy (non-hydrogen) atoms. The van der Waals surface area contributed by atoms with Crippen LogP contribution in [0.2, 0.25) is 0 Å². The van der Waals surface area contributed by atoms with E-state index in [1.807, 2.05) is 13.8 Å². The van der Waals surface area contributed by atoms with Crippen LogP contribution in [0.1, 0.15) is 120 Å². The topological polar surface area (TPSA) is 150 Å². The number of methoxy groups -OCH3 is 3. The molecule has 6 aliphatic rings. The number of aliphatic hydroxyl groups is 1. The average molecular weight is 817 g/mol. The van der Waals surface area contributed by atoms with Crippen molar-refractivity contribution in [2.75, 3.05) is 47.6 Å². The SMILES string of the molecule is CO[C@@H]1[C@H](OC(=O)NCC(C)(C)O)CCC2(CO2)[C@H]1[C@@]1(C)CC[C@@H]1C/C=C(\C)CC1C[C@@H](OC(=O)NCC(C)(C)OC)[C@@H](OC)[C@H]([C@@]2(C)C[C@@H]2CC=C(C)C)C12CO2. The number of rotatable bonds is 17. The van der Waals surface area contributed by atoms with Gasteiger partial charge in [-0.2, -0.15) is 0 Å². The van der Waals surface area contributed by atoms with Gasteiger partial charge in [0.2, 0.25) is 0 Å². The highest BCUT2D eigenvalue weighted by Crippen LogP contribution is 2.70. The Bertz CT molecular complexity index is 1540. The van der Waals surface area contributed by atoms with E-state index in [0.29, 0.717) is 44.4 Å². The Morgan fingerprint density at radius 3 is 1.91 bits per heavy atom. The molecule has 0 aromatic rings. The van der Waals surface area contributed by atoms with Crippen LogP contribution in [0.5, 0.6) is 0 Å². The minimum atomic E-state index is -1.03. The molecule has 12 heteroatoms. The summed E-state index contributed by atoms with van der Waals surface area (Å²) in [4.78, 5) is 26.2. The van der Waals surface area contributed by atoms with Crippen molar-refractivity contribution in [2.24, 2.45) is 40.4 Å². The van der Waals surface area contributed by atoms with Crippen LogP contribution in [0.25, 0.3) is 0 Å². The maximum Gasteiger partial charge on any atom is 0.407 e. The van der Waals surface area contributed by atoms with Crippen LogP contribution in [-0.4, -0.2) is 112 Å². The number of nitrogens with one attached hydrogen (secondary N) is 2. The molecule has 0 radical (unpaired) electrons. The largest absolute Gasteiger partial charge is 0.443 e. The molecule has 12 nitrogen and oxygen atoms in total. The lowest BCUT2D eigenvalue weighted by Gasteiger charge is -2.58. The summed E-state index contributed by atoms with van der Waals surface area (Å²) in [5, 5.41) is 15.8. The second-order valence-corrected chi connectivity index (χ2v) is 21.0. The first-order valence-corrected chi connectivity index (χ1v) is 21.9. The van der Waals surface area contributed by atoms with Crippen LogP contribution in [0.15, 0.2) is 23.3 Å². The summed E-state index contributed by atoms with van der Waals surface area (Å²) in [6.45, 7) is 20.4. The van der Waals surface area contributed by atoms with Crippen LogP contribution in [0, 0.1) is 40.4 Å². The number of carbonyl (C=O) groups is 2. The molecule has 2 amide bonds. The Hall–Kier alpha value is -2.22. The summed E-state index contributed by atoms with van der Waals surface area (Å²) in [7, 11) is 5.12. The molecule has 4 saturated carbocycles. The summed E-state index contributed by atoms with van der Waals surface area (Å²) in [6, 6.07) is 0. The molecule has 2 aliphatic heterocycles. The maximum absolute atomic E-state index is 13.3. The molecule has 2 saturated heterocycles. The number of allylic oxidation sites excluding steroid dienone is 4. The Morgan fingerprint density at radius 2 is 1.38 bits per heavy atom. The number of ether oxygens (including phenoxy) is 7. The van der Waals surface area contributed by atoms with Gasteiger partial charge in [-0.05, 0) is 135 Å². The number of alkyl carbamates (subject to hydrolysis) is 2. The fraction of sp³-hybridized carbons (Fsp3) is 0.870. The number of hydrogen-bond donors (Lipinski definition) is 3. The van der Waals surface area contributed by atoms with Gasteiger partial charge in [-0.15, -0.1) is 0 Å². The lowest BCUT2D eigenvalue weighted by Crippen LogP contribution is -2.60. The lowest BCUT2D eigenvalue weighted by atomic mass is 9.48. The van der Waals surface area contributed by atoms with E-state index in [-0.39, 0.29) is 58.5 Å². The zero-order valence-corrected chi connectivity index (χ0v) is 37.7. The zero-order chi connectivity index (χ0) is 42.5. The highest BCUT2D eigenvalue weighted by molar-refractivity contribution is 5.68. The minimum absolute atomic E-state index is 0.0136. The van der Waals surface area contributed by atoms with E-state index < -0.39 is 35.6 Å². The fourth-order valence-electron chi connectivity index (χ4n) is 11.5. The number of epoxide rings is 2. The van der Waals surface area contributed by atoms with Gasteiger partial charge in [0.15, 0.2) is 0 Å². The second kappa shape index (κ2) is 16.9. The highest BCUT2D eigenvalue weighted by atomic mass is 16.6. The summed E-state index contributed by atoms with van der Waals surface area (Å²) < 4.78 is 43.2. The third kappa shape index (κ3) is 9.47. The van der Waals surface area contributed by atoms with Crippen LogP contribution in [0.3, 0.4) is 0 Å². The first-order valence-electron chi connectivity index (χ1n) is 21.9. The molecule has 6 rings (SSSR count). The predicted molar refractivity (Wildman–Crippen MR) is 221 cm³/mol. The molecule has 13 atom stereocenters. The van der Waals surface area contributed by atoms with Crippen molar-refractivity contribution in [3.63, 3.8) is 0 Å². The summed E-state index contributed by atoms with van der Waals surface area (Å²) in [5.41, 5.74) is 0.506. The van der Waals surface area contributed by atoms with Gasteiger partial charge < -0.3 is 48.9 Å². The van der Waals surface area contributed by atoms with Crippen LogP contribution < -0.4 is 10.6 Å². The van der Waals surface area contributed by atoms with Gasteiger partial charge >= 0.3 is 12.2 Å². The van der Waals surface area contributed by atoms with Gasteiger partial charge in [0, 0.05) is 46.3 Å². The molecule has 3 unspecified atom stereocenters. The molecular formula is C46H76N2O10. The number of amides is 2. The van der Waals surface area contributed by atoms with Crippen molar-refractivity contribution in [1.82, 2.24) is 10.6 Å². The first kappa shape index (κ1) is 45.3. The van der Waals surface area contributed by atoms with E-state index in [1.54, 1.807) is 35.2 Å². The molecule has 6 fully saturated rings. The van der Waals surface area contributed by atoms with Crippen molar-refractivity contribution in [2.45, 2.75) is 167 Å². The Morgan fingerprint density at radius 1 is 0.776 bits per heavy atom. The second-order valence-electron chi connectivity index (χ2n) is 21.0. The standard InChI is InChI=1S/C46H76N2O10/c1-28(2)13-15-31-23-44(31,9)38-36(53-11)34(58-40(50)48-25-42(6,7)54-12)22-32(46(38)27-56-46)21-29(3)14-16-30-17-19-43(30,8)37-35(52-10)33(18-20-45(37)26-55-45)57-39(49)47-24-41(4,5)51/h13-14,30-38,51H,15-27H2,1-12H3,(H,47,49)(H,48,50)/b29-14+/t30-,31-,32?,33+,34+,35+,36+,37+,38+,43-,44-,45?,46?/m0/s1. The Balaban J connectivity index is 1.17. The quantitative estimate of drug-likeness (QED) is 0.0995. The number of hydrogen-bond acceptors (Lipinski definition) is 10. The molecule has 0 aromatic heterocycles. The summed E-state index contributed by atoms with van der Waals surface area (Å²) in [5.74, 6) is 1.30. The van der Waals surface area contributed by atoms with Gasteiger partial charge in [-0.1, -0.05) is 37.1 Å². The normalized spacial score (nSPS) is 40.7. The van der Waals surface area contributed by atoms with Gasteiger partial charge in [0.05, 0.1) is 30.0 Å². The van der Waals surface area contributed by atoms with Gasteiger partial charge in [0.25, 0.3) is 0 Å². The van der Waals surface area contributed by atoms with Gasteiger partial charge in [-0.3, -0.25) is 0 Å². The summed E-state index contributed by atoms with van der Waals surface area (Å²) in [6.07, 6.45) is 10.7. The molecule has 2 heterocycles. The smallest absolute Gasteiger partial charge is 0.407 e. The first-order chi connectivity index (χ1) is 27.2. The van der Waals surface area contributed by atoms with E-state index in [9.17, 15) is 14.7 Å². The molecule has 330 valence electrons. The van der Waals surface area contributed by atoms with E-state index in [2.05, 4.69) is 57.4 Å². The van der Waals surface area contributed by atoms with Crippen LogP contribution in [-0.2, 0) is 33.2 Å². The maximum atomic E-state index is 13.3. The van der Waals surface area contributed by atoms with Crippen LogP contribution in [0.4, 0.5) is 9.59 Å². The molecular weight excluding hydrogens is 741 g/mol. The predicted octanol–water partition coefficient (Wildman–Crippen LogP) is 7.51. The van der Waals surface area contributed by atoms with Crippen molar-refractivity contribution >= 4 is 12.2 Å². The van der Waals surface area contributed by atoms with Gasteiger partial charge in [0.1, 0.15) is 30.0 Å². The van der Waals surface area contributed by atoms with Crippen molar-refractivity contribution in [3.05, 3.63) is 23.3 Å². The Labute approximate surface area is 348 Å².